The first-order chi connectivity index (χ1) is 8.39. The van der Waals surface area contributed by atoms with Crippen molar-refractivity contribution in [1.29, 1.82) is 0 Å². The van der Waals surface area contributed by atoms with Crippen molar-refractivity contribution in [2.24, 2.45) is 11.1 Å². The summed E-state index contributed by atoms with van der Waals surface area (Å²) in [5.41, 5.74) is 8.72. The molecule has 18 heavy (non-hydrogen) atoms. The zero-order chi connectivity index (χ0) is 13.8. The fourth-order valence-corrected chi connectivity index (χ4v) is 2.19. The number of nitrogens with zero attached hydrogens (tertiary/aromatic N) is 1. The van der Waals surface area contributed by atoms with Crippen LogP contribution in [-0.4, -0.2) is 24.5 Å². The van der Waals surface area contributed by atoms with E-state index in [9.17, 15) is 0 Å². The molecular weight excluding hydrogens is 220 g/mol. The largest absolute Gasteiger partial charge is 0.330 e. The van der Waals surface area contributed by atoms with Gasteiger partial charge in [0.1, 0.15) is 0 Å². The Labute approximate surface area is 112 Å². The predicted molar refractivity (Wildman–Crippen MR) is 79.7 cm³/mol. The molecule has 0 aliphatic rings. The lowest BCUT2D eigenvalue weighted by Crippen LogP contribution is -2.39. The van der Waals surface area contributed by atoms with Crippen LogP contribution in [-0.2, 0) is 0 Å². The summed E-state index contributed by atoms with van der Waals surface area (Å²) in [5, 5.41) is 0. The minimum Gasteiger partial charge on any atom is -0.330 e. The molecule has 0 heterocycles. The molecule has 1 unspecified atom stereocenters. The van der Waals surface area contributed by atoms with Gasteiger partial charge in [-0.1, -0.05) is 50.6 Å². The lowest BCUT2D eigenvalue weighted by molar-refractivity contribution is 0.148. The molecule has 0 aliphatic heterocycles. The molecule has 1 aromatic carbocycles. The molecule has 2 heteroatoms. The third-order valence-electron chi connectivity index (χ3n) is 3.70. The van der Waals surface area contributed by atoms with E-state index in [-0.39, 0.29) is 5.41 Å². The van der Waals surface area contributed by atoms with Crippen LogP contribution in [0.2, 0.25) is 0 Å². The van der Waals surface area contributed by atoms with E-state index in [1.54, 1.807) is 0 Å². The number of hydrogen-bond acceptors (Lipinski definition) is 2. The lowest BCUT2D eigenvalue weighted by Gasteiger charge is -2.35. The summed E-state index contributed by atoms with van der Waals surface area (Å²) < 4.78 is 0. The van der Waals surface area contributed by atoms with Gasteiger partial charge in [0.05, 0.1) is 0 Å². The highest BCUT2D eigenvalue weighted by Gasteiger charge is 2.23. The zero-order valence-electron chi connectivity index (χ0n) is 12.5. The summed E-state index contributed by atoms with van der Waals surface area (Å²) in [5.74, 6) is 0. The molecule has 0 bridgehead atoms. The zero-order valence-corrected chi connectivity index (χ0v) is 12.5. The summed E-state index contributed by atoms with van der Waals surface area (Å²) in [6, 6.07) is 9.29. The Hall–Kier alpha value is -0.860. The van der Waals surface area contributed by atoms with E-state index >= 15 is 0 Å². The smallest absolute Gasteiger partial charge is 0.0320 e. The molecule has 0 radical (unpaired) electrons. The van der Waals surface area contributed by atoms with Crippen molar-refractivity contribution in [3.8, 4) is 0 Å². The number of aryl methyl sites for hydroxylation is 1. The second-order valence-corrected chi connectivity index (χ2v) is 6.02. The second kappa shape index (κ2) is 6.35. The van der Waals surface area contributed by atoms with Gasteiger partial charge in [-0.15, -0.1) is 0 Å². The van der Waals surface area contributed by atoms with Crippen LogP contribution in [0.5, 0.6) is 0 Å². The quantitative estimate of drug-likeness (QED) is 0.836. The molecule has 0 fully saturated rings. The van der Waals surface area contributed by atoms with E-state index in [2.05, 4.69) is 63.8 Å². The molecule has 1 aromatic rings. The molecule has 1 atom stereocenters. The molecule has 0 spiro atoms. The van der Waals surface area contributed by atoms with Crippen LogP contribution in [0.25, 0.3) is 0 Å². The van der Waals surface area contributed by atoms with Gasteiger partial charge in [-0.2, -0.15) is 0 Å². The molecule has 102 valence electrons. The molecule has 0 saturated heterocycles. The summed E-state index contributed by atoms with van der Waals surface area (Å²) in [4.78, 5) is 2.50. The Morgan fingerprint density at radius 2 is 1.78 bits per heavy atom. The number of nitrogens with two attached hydrogens (primary N) is 1. The topological polar surface area (TPSA) is 29.3 Å². The Balaban J connectivity index is 2.79. The highest BCUT2D eigenvalue weighted by molar-refractivity contribution is 5.23. The van der Waals surface area contributed by atoms with Gasteiger partial charge in [0.2, 0.25) is 0 Å². The SMILES string of the molecule is CCN(CC(C)(C)CN)C(C)c1ccc(C)cc1. The summed E-state index contributed by atoms with van der Waals surface area (Å²) >= 11 is 0. The van der Waals surface area contributed by atoms with Gasteiger partial charge < -0.3 is 5.73 Å². The summed E-state index contributed by atoms with van der Waals surface area (Å²) in [6.07, 6.45) is 0. The van der Waals surface area contributed by atoms with Gasteiger partial charge in [0.15, 0.2) is 0 Å². The van der Waals surface area contributed by atoms with Gasteiger partial charge in [0, 0.05) is 12.6 Å². The monoisotopic (exact) mass is 248 g/mol. The van der Waals surface area contributed by atoms with Crippen LogP contribution in [0.3, 0.4) is 0 Å². The van der Waals surface area contributed by atoms with Crippen molar-refractivity contribution < 1.29 is 0 Å². The third kappa shape index (κ3) is 4.11. The Morgan fingerprint density at radius 3 is 2.22 bits per heavy atom. The number of hydrogen-bond donors (Lipinski definition) is 1. The van der Waals surface area contributed by atoms with E-state index in [1.165, 1.54) is 11.1 Å². The Morgan fingerprint density at radius 1 is 1.22 bits per heavy atom. The fraction of sp³-hybridized carbons (Fsp3) is 0.625. The fourth-order valence-electron chi connectivity index (χ4n) is 2.19. The average Bonchev–Trinajstić information content (AvgIpc) is 2.36. The van der Waals surface area contributed by atoms with Gasteiger partial charge in [-0.25, -0.2) is 0 Å². The molecule has 0 amide bonds. The van der Waals surface area contributed by atoms with Gasteiger partial charge in [-0.3, -0.25) is 4.90 Å². The van der Waals surface area contributed by atoms with Crippen molar-refractivity contribution >= 4 is 0 Å². The van der Waals surface area contributed by atoms with Crippen molar-refractivity contribution in [2.45, 2.75) is 40.7 Å². The molecule has 1 rings (SSSR count). The van der Waals surface area contributed by atoms with E-state index in [4.69, 9.17) is 5.73 Å². The highest BCUT2D eigenvalue weighted by atomic mass is 15.2. The molecule has 0 saturated carbocycles. The minimum atomic E-state index is 0.176. The summed E-state index contributed by atoms with van der Waals surface area (Å²) in [6.45, 7) is 13.9. The van der Waals surface area contributed by atoms with E-state index in [0.717, 1.165) is 19.6 Å². The summed E-state index contributed by atoms with van der Waals surface area (Å²) in [7, 11) is 0. The van der Waals surface area contributed by atoms with E-state index in [1.807, 2.05) is 0 Å². The Bertz CT molecular complexity index is 354. The average molecular weight is 248 g/mol. The van der Waals surface area contributed by atoms with Crippen LogP contribution in [0.1, 0.15) is 44.9 Å². The van der Waals surface area contributed by atoms with Crippen LogP contribution in [0.4, 0.5) is 0 Å². The van der Waals surface area contributed by atoms with Crippen molar-refractivity contribution in [1.82, 2.24) is 4.90 Å². The van der Waals surface area contributed by atoms with Crippen molar-refractivity contribution in [3.63, 3.8) is 0 Å². The molecule has 2 nitrogen and oxygen atoms in total. The van der Waals surface area contributed by atoms with Crippen LogP contribution >= 0.6 is 0 Å². The van der Waals surface area contributed by atoms with Gasteiger partial charge in [0.25, 0.3) is 0 Å². The standard InChI is InChI=1S/C16H28N2/c1-6-18(12-16(4,5)11-17)14(3)15-9-7-13(2)8-10-15/h7-10,14H,6,11-12,17H2,1-5H3. The third-order valence-corrected chi connectivity index (χ3v) is 3.70. The predicted octanol–water partition coefficient (Wildman–Crippen LogP) is 3.36. The van der Waals surface area contributed by atoms with Crippen molar-refractivity contribution in [3.05, 3.63) is 35.4 Å². The molecular formula is C16H28N2. The van der Waals surface area contributed by atoms with Crippen molar-refractivity contribution in [2.75, 3.05) is 19.6 Å². The maximum absolute atomic E-state index is 5.84. The van der Waals surface area contributed by atoms with E-state index < -0.39 is 0 Å². The first-order valence-electron chi connectivity index (χ1n) is 6.90. The van der Waals surface area contributed by atoms with Crippen LogP contribution < -0.4 is 5.73 Å². The molecule has 2 N–H and O–H groups in total. The van der Waals surface area contributed by atoms with Gasteiger partial charge >= 0.3 is 0 Å². The maximum atomic E-state index is 5.84. The first-order valence-corrected chi connectivity index (χ1v) is 6.90. The number of rotatable bonds is 6. The lowest BCUT2D eigenvalue weighted by atomic mass is 9.91. The number of benzene rings is 1. The van der Waals surface area contributed by atoms with Crippen LogP contribution in [0.15, 0.2) is 24.3 Å². The van der Waals surface area contributed by atoms with Crippen LogP contribution in [0, 0.1) is 12.3 Å². The molecule has 0 aliphatic carbocycles. The second-order valence-electron chi connectivity index (χ2n) is 6.02. The first kappa shape index (κ1) is 15.2. The Kier molecular flexibility index (Phi) is 5.36. The highest BCUT2D eigenvalue weighted by Crippen LogP contribution is 2.24. The van der Waals surface area contributed by atoms with Gasteiger partial charge in [-0.05, 0) is 37.9 Å². The van der Waals surface area contributed by atoms with E-state index in [0.29, 0.717) is 6.04 Å². The maximum Gasteiger partial charge on any atom is 0.0320 e. The normalized spacial score (nSPS) is 13.9. The minimum absolute atomic E-state index is 0.176. The molecule has 0 aromatic heterocycles.